The molecule has 4 aromatic rings. The van der Waals surface area contributed by atoms with Gasteiger partial charge in [-0.15, -0.1) is 0 Å². The number of methoxy groups -OCH3 is 2. The molecule has 1 aliphatic rings. The summed E-state index contributed by atoms with van der Waals surface area (Å²) in [6.07, 6.45) is 2.52. The molecule has 2 heterocycles. The Labute approximate surface area is 299 Å². The van der Waals surface area contributed by atoms with Gasteiger partial charge in [-0.25, -0.2) is 9.79 Å². The van der Waals surface area contributed by atoms with Crippen LogP contribution in [-0.2, 0) is 25.5 Å². The molecule has 3 amide bonds. The van der Waals surface area contributed by atoms with Crippen LogP contribution in [0, 0.1) is 0 Å². The molecule has 51 heavy (non-hydrogen) atoms. The van der Waals surface area contributed by atoms with Crippen LogP contribution in [-0.4, -0.2) is 75.5 Å². The van der Waals surface area contributed by atoms with Gasteiger partial charge >= 0.3 is 6.09 Å². The number of aliphatic imine (C=N–C) groups is 1. The van der Waals surface area contributed by atoms with Crippen LogP contribution in [0.5, 0.6) is 17.2 Å². The van der Waals surface area contributed by atoms with E-state index in [1.54, 1.807) is 93.7 Å². The van der Waals surface area contributed by atoms with Crippen LogP contribution in [0.25, 0.3) is 17.0 Å². The number of phenols is 1. The third kappa shape index (κ3) is 8.18. The van der Waals surface area contributed by atoms with Crippen molar-refractivity contribution in [3.8, 4) is 17.2 Å². The topological polar surface area (TPSA) is 175 Å². The van der Waals surface area contributed by atoms with Crippen LogP contribution < -0.4 is 20.5 Å². The molecule has 5 rings (SSSR count). The van der Waals surface area contributed by atoms with E-state index in [2.05, 4.69) is 10.3 Å². The summed E-state index contributed by atoms with van der Waals surface area (Å²) in [6.45, 7) is 6.81. The molecule has 1 aliphatic heterocycles. The molecule has 2 atom stereocenters. The van der Waals surface area contributed by atoms with Gasteiger partial charge in [0.2, 0.25) is 17.6 Å². The zero-order valence-corrected chi connectivity index (χ0v) is 29.8. The Morgan fingerprint density at radius 1 is 1.02 bits per heavy atom. The fraction of sp³-hybridized carbons (Fsp3) is 0.270. The summed E-state index contributed by atoms with van der Waals surface area (Å²) in [5.41, 5.74) is 7.25. The largest absolute Gasteiger partial charge is 0.502 e. The van der Waals surface area contributed by atoms with Gasteiger partial charge in [-0.05, 0) is 87.0 Å². The molecule has 1 saturated heterocycles. The van der Waals surface area contributed by atoms with Gasteiger partial charge in [-0.1, -0.05) is 36.4 Å². The lowest BCUT2D eigenvalue weighted by Crippen LogP contribution is -2.53. The Morgan fingerprint density at radius 2 is 1.65 bits per heavy atom. The van der Waals surface area contributed by atoms with Gasteiger partial charge in [0.05, 0.1) is 30.3 Å². The van der Waals surface area contributed by atoms with Gasteiger partial charge in [0, 0.05) is 18.0 Å². The minimum absolute atomic E-state index is 0.0343. The van der Waals surface area contributed by atoms with Gasteiger partial charge in [0.1, 0.15) is 17.7 Å². The fourth-order valence-electron chi connectivity index (χ4n) is 5.39. The number of amides is 3. The van der Waals surface area contributed by atoms with Crippen molar-refractivity contribution < 1.29 is 38.5 Å². The lowest BCUT2D eigenvalue weighted by atomic mass is 10.0. The summed E-state index contributed by atoms with van der Waals surface area (Å²) in [5, 5.41) is 14.0. The predicted molar refractivity (Wildman–Crippen MR) is 195 cm³/mol. The minimum atomic E-state index is -1.19. The number of aromatic hydroxyl groups is 1. The maximum atomic E-state index is 14.0. The monoisotopic (exact) mass is 713 g/mol. The van der Waals surface area contributed by atoms with Crippen LogP contribution in [0.3, 0.4) is 0 Å². The number of nitrogens with zero attached hydrogens (tertiary/aromatic N) is 3. The number of ether oxygens (including phenoxy) is 3. The molecule has 0 radical (unpaired) electrons. The highest BCUT2D eigenvalue weighted by Crippen LogP contribution is 2.40. The van der Waals surface area contributed by atoms with Crippen molar-refractivity contribution >= 4 is 63.4 Å². The Balaban J connectivity index is 1.45. The average Bonchev–Trinajstić information content (AvgIpc) is 3.60. The first kappa shape index (κ1) is 36.5. The highest BCUT2D eigenvalue weighted by molar-refractivity contribution is 8.18. The van der Waals surface area contributed by atoms with E-state index in [-0.39, 0.29) is 33.7 Å². The average molecular weight is 714 g/mol. The second kappa shape index (κ2) is 15.0. The standard InChI is InChI=1S/C37H39N5O8S/c1-21(33(45)40-26(32(38)44)19-23-20-41(36(47)50-37(2,3)4)27-15-11-10-14-25(23)27)42-34(46)30(51-35(42)39-24-12-8-7-9-13-24)18-22-16-28(48-5)31(43)29(17-22)49-6/h7-18,20-21,26,43H,19H2,1-6H3,(H2,38,44)(H,40,45)/b30-18-,39-35-/t21-,26-/m0/s1. The molecule has 1 fully saturated rings. The van der Waals surface area contributed by atoms with Gasteiger partial charge in [0.25, 0.3) is 5.91 Å². The van der Waals surface area contributed by atoms with Gasteiger partial charge in [-0.2, -0.15) is 0 Å². The third-order valence-corrected chi connectivity index (χ3v) is 8.84. The molecule has 3 aromatic carbocycles. The summed E-state index contributed by atoms with van der Waals surface area (Å²) in [6, 6.07) is 16.8. The van der Waals surface area contributed by atoms with Crippen molar-refractivity contribution in [1.29, 1.82) is 0 Å². The maximum Gasteiger partial charge on any atom is 0.419 e. The molecule has 13 nitrogen and oxygen atoms in total. The first-order valence-electron chi connectivity index (χ1n) is 15.9. The van der Waals surface area contributed by atoms with E-state index in [0.717, 1.165) is 11.8 Å². The molecule has 0 bridgehead atoms. The Morgan fingerprint density at radius 3 is 2.25 bits per heavy atom. The summed E-state index contributed by atoms with van der Waals surface area (Å²) in [5.74, 6) is -1.87. The van der Waals surface area contributed by atoms with Gasteiger partial charge in [0.15, 0.2) is 16.7 Å². The van der Waals surface area contributed by atoms with Crippen LogP contribution >= 0.6 is 11.8 Å². The van der Waals surface area contributed by atoms with Crippen molar-refractivity contribution in [3.05, 3.63) is 89.0 Å². The Kier molecular flexibility index (Phi) is 10.7. The number of carbonyl (C=O) groups is 4. The zero-order chi connectivity index (χ0) is 37.0. The maximum absolute atomic E-state index is 14.0. The Hall–Kier alpha value is -5.76. The van der Waals surface area contributed by atoms with Crippen molar-refractivity contribution in [2.45, 2.75) is 51.8 Å². The molecule has 0 aliphatic carbocycles. The van der Waals surface area contributed by atoms with Gasteiger partial charge < -0.3 is 30.4 Å². The first-order valence-corrected chi connectivity index (χ1v) is 16.8. The van der Waals surface area contributed by atoms with E-state index in [1.807, 2.05) is 6.07 Å². The quantitative estimate of drug-likeness (QED) is 0.183. The number of hydrogen-bond acceptors (Lipinski definition) is 10. The second-order valence-electron chi connectivity index (χ2n) is 12.7. The van der Waals surface area contributed by atoms with Crippen molar-refractivity contribution in [3.63, 3.8) is 0 Å². The highest BCUT2D eigenvalue weighted by atomic mass is 32.2. The second-order valence-corrected chi connectivity index (χ2v) is 13.7. The van der Waals surface area contributed by atoms with E-state index >= 15 is 0 Å². The molecule has 14 heteroatoms. The zero-order valence-electron chi connectivity index (χ0n) is 29.0. The van der Waals surface area contributed by atoms with E-state index in [0.29, 0.717) is 27.7 Å². The van der Waals surface area contributed by atoms with E-state index in [4.69, 9.17) is 19.9 Å². The summed E-state index contributed by atoms with van der Waals surface area (Å²) >= 11 is 1.06. The number of carbonyl (C=O) groups excluding carboxylic acids is 4. The third-order valence-electron chi connectivity index (χ3n) is 7.85. The summed E-state index contributed by atoms with van der Waals surface area (Å²) < 4.78 is 17.5. The van der Waals surface area contributed by atoms with Gasteiger partial charge in [-0.3, -0.25) is 23.9 Å². The van der Waals surface area contributed by atoms with Crippen molar-refractivity contribution in [1.82, 2.24) is 14.8 Å². The number of phenolic OH excluding ortho intramolecular Hbond substituents is 1. The number of nitrogens with one attached hydrogen (secondary N) is 1. The molecular weight excluding hydrogens is 675 g/mol. The number of thioether (sulfide) groups is 1. The molecule has 0 spiro atoms. The fourth-order valence-corrected chi connectivity index (χ4v) is 6.46. The summed E-state index contributed by atoms with van der Waals surface area (Å²) in [4.78, 5) is 59.8. The molecule has 0 saturated carbocycles. The van der Waals surface area contributed by atoms with E-state index < -0.39 is 41.5 Å². The number of rotatable bonds is 10. The SMILES string of the molecule is COc1cc(/C=C2\S/C(=N\c3ccccc3)N([C@@H](C)C(=O)N[C@@H](Cc3cn(C(=O)OC(C)(C)C)c4ccccc34)C(N)=O)C2=O)cc(OC)c1O. The number of fused-ring (bicyclic) bond motifs is 1. The molecule has 266 valence electrons. The van der Waals surface area contributed by atoms with Crippen molar-refractivity contribution in [2.24, 2.45) is 10.7 Å². The van der Waals surface area contributed by atoms with Crippen molar-refractivity contribution in [2.75, 3.05) is 14.2 Å². The van der Waals surface area contributed by atoms with Crippen LogP contribution in [0.15, 0.2) is 82.8 Å². The smallest absolute Gasteiger partial charge is 0.419 e. The molecule has 1 aromatic heterocycles. The van der Waals surface area contributed by atoms with Crippen LogP contribution in [0.1, 0.15) is 38.8 Å². The minimum Gasteiger partial charge on any atom is -0.502 e. The summed E-state index contributed by atoms with van der Waals surface area (Å²) in [7, 11) is 2.79. The number of hydrogen-bond donors (Lipinski definition) is 3. The molecular formula is C37H39N5O8S. The van der Waals surface area contributed by atoms with E-state index in [9.17, 15) is 24.3 Å². The van der Waals surface area contributed by atoms with E-state index in [1.165, 1.54) is 30.6 Å². The van der Waals surface area contributed by atoms with Crippen LogP contribution in [0.4, 0.5) is 10.5 Å². The number of nitrogens with two attached hydrogens (primary N) is 1. The number of primary amides is 1. The molecule has 0 unspecified atom stereocenters. The van der Waals surface area contributed by atoms with Crippen LogP contribution in [0.2, 0.25) is 0 Å². The molecule has 4 N–H and O–H groups in total. The number of para-hydroxylation sites is 2. The number of amidine groups is 1. The predicted octanol–water partition coefficient (Wildman–Crippen LogP) is 5.35. The first-order chi connectivity index (χ1) is 24.2. The highest BCUT2D eigenvalue weighted by Gasteiger charge is 2.40. The normalized spacial score (nSPS) is 16.0. The number of benzene rings is 3. The lowest BCUT2D eigenvalue weighted by Gasteiger charge is -2.25. The number of aromatic nitrogens is 1. The lowest BCUT2D eigenvalue weighted by molar-refractivity contribution is -0.134. The Bertz CT molecular complexity index is 2030.